The number of ether oxygens (including phenoxy) is 1. The van der Waals surface area contributed by atoms with Gasteiger partial charge in [0.25, 0.3) is 0 Å². The number of hydrogen-bond donors (Lipinski definition) is 1. The third-order valence-electron chi connectivity index (χ3n) is 4.55. The molecule has 110 valence electrons. The van der Waals surface area contributed by atoms with Gasteiger partial charge in [0.15, 0.2) is 0 Å². The number of nitrogens with zero attached hydrogens (tertiary/aromatic N) is 1. The van der Waals surface area contributed by atoms with Gasteiger partial charge in [-0.3, -0.25) is 0 Å². The van der Waals surface area contributed by atoms with Crippen LogP contribution in [0.25, 0.3) is 0 Å². The SMILES string of the molecule is Cc1cccc(OCCCN2C[C@@H]3CCCN[C@@H]3C2)c1. The van der Waals surface area contributed by atoms with E-state index in [4.69, 9.17) is 4.74 Å². The topological polar surface area (TPSA) is 24.5 Å². The predicted octanol–water partition coefficient (Wildman–Crippen LogP) is 2.45. The summed E-state index contributed by atoms with van der Waals surface area (Å²) in [4.78, 5) is 2.60. The van der Waals surface area contributed by atoms with Gasteiger partial charge in [0.1, 0.15) is 5.75 Å². The molecule has 2 aliphatic rings. The number of nitrogens with one attached hydrogen (secondary N) is 1. The van der Waals surface area contributed by atoms with E-state index in [1.165, 1.54) is 44.6 Å². The van der Waals surface area contributed by atoms with Gasteiger partial charge in [-0.2, -0.15) is 0 Å². The van der Waals surface area contributed by atoms with Gasteiger partial charge < -0.3 is 15.0 Å². The van der Waals surface area contributed by atoms with Crippen LogP contribution in [0.1, 0.15) is 24.8 Å². The first kappa shape index (κ1) is 13.9. The lowest BCUT2D eigenvalue weighted by atomic mass is 9.94. The fourth-order valence-electron chi connectivity index (χ4n) is 3.50. The first-order chi connectivity index (χ1) is 9.81. The van der Waals surface area contributed by atoms with Crippen LogP contribution < -0.4 is 10.1 Å². The minimum absolute atomic E-state index is 0.751. The maximum atomic E-state index is 5.82. The summed E-state index contributed by atoms with van der Waals surface area (Å²) in [6, 6.07) is 9.06. The molecular formula is C17H26N2O. The molecule has 1 N–H and O–H groups in total. The molecule has 0 amide bonds. The highest BCUT2D eigenvalue weighted by Gasteiger charge is 2.33. The van der Waals surface area contributed by atoms with Crippen molar-refractivity contribution in [3.05, 3.63) is 29.8 Å². The van der Waals surface area contributed by atoms with Crippen LogP contribution in [0, 0.1) is 12.8 Å². The lowest BCUT2D eigenvalue weighted by Gasteiger charge is -2.24. The number of piperidine rings is 1. The molecule has 0 bridgehead atoms. The summed E-state index contributed by atoms with van der Waals surface area (Å²) >= 11 is 0. The van der Waals surface area contributed by atoms with E-state index >= 15 is 0 Å². The second kappa shape index (κ2) is 6.59. The van der Waals surface area contributed by atoms with Crippen molar-refractivity contribution in [1.82, 2.24) is 10.2 Å². The van der Waals surface area contributed by atoms with Gasteiger partial charge in [-0.25, -0.2) is 0 Å². The number of likely N-dealkylation sites (tertiary alicyclic amines) is 1. The standard InChI is InChI=1S/C17H26N2O/c1-14-5-2-7-16(11-14)20-10-4-9-19-12-15-6-3-8-18-17(15)13-19/h2,5,7,11,15,17-18H,3-4,6,8-10,12-13H2,1H3/t15-,17+/m0/s1. The number of benzene rings is 1. The molecule has 3 heteroatoms. The first-order valence-corrected chi connectivity index (χ1v) is 7.96. The molecule has 1 aromatic carbocycles. The van der Waals surface area contributed by atoms with E-state index in [2.05, 4.69) is 35.3 Å². The normalized spacial score (nSPS) is 26.4. The van der Waals surface area contributed by atoms with Crippen molar-refractivity contribution in [2.75, 3.05) is 32.8 Å². The van der Waals surface area contributed by atoms with Crippen molar-refractivity contribution < 1.29 is 4.74 Å². The van der Waals surface area contributed by atoms with Crippen molar-refractivity contribution in [3.8, 4) is 5.75 Å². The van der Waals surface area contributed by atoms with E-state index in [0.29, 0.717) is 0 Å². The third-order valence-corrected chi connectivity index (χ3v) is 4.55. The van der Waals surface area contributed by atoms with Gasteiger partial charge in [0.2, 0.25) is 0 Å². The quantitative estimate of drug-likeness (QED) is 0.835. The molecule has 2 atom stereocenters. The Hall–Kier alpha value is -1.06. The maximum absolute atomic E-state index is 5.82. The summed E-state index contributed by atoms with van der Waals surface area (Å²) in [6.45, 7) is 7.82. The van der Waals surface area contributed by atoms with Crippen LogP contribution in [0.5, 0.6) is 5.75 Å². The molecule has 0 radical (unpaired) electrons. The highest BCUT2D eigenvalue weighted by molar-refractivity contribution is 5.27. The summed E-state index contributed by atoms with van der Waals surface area (Å²) in [5.74, 6) is 1.89. The van der Waals surface area contributed by atoms with Crippen LogP contribution in [0.4, 0.5) is 0 Å². The lowest BCUT2D eigenvalue weighted by molar-refractivity contribution is 0.257. The molecule has 3 nitrogen and oxygen atoms in total. The van der Waals surface area contributed by atoms with Gasteiger partial charge in [-0.15, -0.1) is 0 Å². The highest BCUT2D eigenvalue weighted by Crippen LogP contribution is 2.24. The van der Waals surface area contributed by atoms with Crippen LogP contribution in [-0.4, -0.2) is 43.7 Å². The fraction of sp³-hybridized carbons (Fsp3) is 0.647. The van der Waals surface area contributed by atoms with Crippen molar-refractivity contribution in [1.29, 1.82) is 0 Å². The minimum Gasteiger partial charge on any atom is -0.494 e. The molecule has 2 saturated heterocycles. The average Bonchev–Trinajstić information content (AvgIpc) is 2.86. The van der Waals surface area contributed by atoms with Crippen molar-refractivity contribution in [2.45, 2.75) is 32.2 Å². The average molecular weight is 274 g/mol. The van der Waals surface area contributed by atoms with Gasteiger partial charge in [-0.1, -0.05) is 12.1 Å². The molecular weight excluding hydrogens is 248 g/mol. The number of aryl methyl sites for hydroxylation is 1. The van der Waals surface area contributed by atoms with E-state index in [-0.39, 0.29) is 0 Å². The Labute approximate surface area is 122 Å². The fourth-order valence-corrected chi connectivity index (χ4v) is 3.50. The molecule has 0 saturated carbocycles. The van der Waals surface area contributed by atoms with Crippen molar-refractivity contribution >= 4 is 0 Å². The van der Waals surface area contributed by atoms with Crippen molar-refractivity contribution in [3.63, 3.8) is 0 Å². The van der Waals surface area contributed by atoms with E-state index in [1.807, 2.05) is 6.07 Å². The summed E-state index contributed by atoms with van der Waals surface area (Å²) in [7, 11) is 0. The van der Waals surface area contributed by atoms with E-state index in [1.54, 1.807) is 0 Å². The first-order valence-electron chi connectivity index (χ1n) is 7.96. The Balaban J connectivity index is 1.36. The van der Waals surface area contributed by atoms with E-state index in [9.17, 15) is 0 Å². The number of hydrogen-bond acceptors (Lipinski definition) is 3. The van der Waals surface area contributed by atoms with Crippen LogP contribution in [0.2, 0.25) is 0 Å². The second-order valence-corrected chi connectivity index (χ2v) is 6.24. The molecule has 1 aromatic rings. The van der Waals surface area contributed by atoms with E-state index < -0.39 is 0 Å². The Morgan fingerprint density at radius 3 is 3.15 bits per heavy atom. The Morgan fingerprint density at radius 2 is 2.30 bits per heavy atom. The van der Waals surface area contributed by atoms with Crippen LogP contribution in [0.3, 0.4) is 0 Å². The minimum atomic E-state index is 0.751. The zero-order chi connectivity index (χ0) is 13.8. The molecule has 3 rings (SSSR count). The highest BCUT2D eigenvalue weighted by atomic mass is 16.5. The third kappa shape index (κ3) is 3.53. The number of fused-ring (bicyclic) bond motifs is 1. The van der Waals surface area contributed by atoms with Gasteiger partial charge in [0.05, 0.1) is 6.61 Å². The Bertz CT molecular complexity index is 421. The molecule has 0 unspecified atom stereocenters. The number of rotatable bonds is 5. The lowest BCUT2D eigenvalue weighted by Crippen LogP contribution is -2.40. The van der Waals surface area contributed by atoms with Crippen molar-refractivity contribution in [2.24, 2.45) is 5.92 Å². The summed E-state index contributed by atoms with van der Waals surface area (Å²) < 4.78 is 5.82. The van der Waals surface area contributed by atoms with Gasteiger partial charge >= 0.3 is 0 Å². The molecule has 20 heavy (non-hydrogen) atoms. The summed E-state index contributed by atoms with van der Waals surface area (Å²) in [6.07, 6.45) is 3.88. The zero-order valence-electron chi connectivity index (χ0n) is 12.5. The van der Waals surface area contributed by atoms with Crippen LogP contribution >= 0.6 is 0 Å². The van der Waals surface area contributed by atoms with Gasteiger partial charge in [0, 0.05) is 25.7 Å². The zero-order valence-corrected chi connectivity index (χ0v) is 12.5. The summed E-state index contributed by atoms with van der Waals surface area (Å²) in [5.41, 5.74) is 1.26. The second-order valence-electron chi connectivity index (χ2n) is 6.24. The van der Waals surface area contributed by atoms with Gasteiger partial charge in [-0.05, 0) is 56.3 Å². The Kier molecular flexibility index (Phi) is 4.58. The smallest absolute Gasteiger partial charge is 0.119 e. The molecule has 0 spiro atoms. The monoisotopic (exact) mass is 274 g/mol. The predicted molar refractivity (Wildman–Crippen MR) is 82.2 cm³/mol. The Morgan fingerprint density at radius 1 is 1.35 bits per heavy atom. The molecule has 2 aliphatic heterocycles. The van der Waals surface area contributed by atoms with Crippen LogP contribution in [-0.2, 0) is 0 Å². The van der Waals surface area contributed by atoms with Crippen LogP contribution in [0.15, 0.2) is 24.3 Å². The summed E-state index contributed by atoms with van der Waals surface area (Å²) in [5, 5.41) is 3.66. The molecule has 2 heterocycles. The van der Waals surface area contributed by atoms with E-state index in [0.717, 1.165) is 30.7 Å². The largest absolute Gasteiger partial charge is 0.494 e. The maximum Gasteiger partial charge on any atom is 0.119 e. The molecule has 0 aromatic heterocycles. The molecule has 0 aliphatic carbocycles. The molecule has 2 fully saturated rings.